The van der Waals surface area contributed by atoms with E-state index in [0.717, 1.165) is 0 Å². The summed E-state index contributed by atoms with van der Waals surface area (Å²) in [5.41, 5.74) is 0.929. The molecule has 0 N–H and O–H groups in total. The van der Waals surface area contributed by atoms with Crippen molar-refractivity contribution in [2.75, 3.05) is 28.2 Å². The van der Waals surface area contributed by atoms with Crippen molar-refractivity contribution in [1.29, 1.82) is 0 Å². The van der Waals surface area contributed by atoms with Gasteiger partial charge in [0.05, 0.1) is 11.4 Å². The lowest BCUT2D eigenvalue weighted by atomic mass is 10.3. The molecule has 0 spiro atoms. The Hall–Kier alpha value is -2.44. The van der Waals surface area contributed by atoms with E-state index in [2.05, 4.69) is 9.98 Å². The number of furan rings is 1. The maximum atomic E-state index is 11.5. The van der Waals surface area contributed by atoms with E-state index in [9.17, 15) is 9.59 Å². The summed E-state index contributed by atoms with van der Waals surface area (Å²) in [4.78, 5) is 33.6. The van der Waals surface area contributed by atoms with E-state index in [1.54, 1.807) is 54.2 Å². The Bertz CT molecular complexity index is 547. The first-order chi connectivity index (χ1) is 9.72. The van der Waals surface area contributed by atoms with Gasteiger partial charge in [-0.2, -0.15) is 9.98 Å². The van der Waals surface area contributed by atoms with Crippen molar-refractivity contribution in [2.24, 2.45) is 9.98 Å². The van der Waals surface area contributed by atoms with E-state index in [1.165, 1.54) is 9.80 Å². The molecular formula is C14H20N4O3. The van der Waals surface area contributed by atoms with Crippen LogP contribution in [0.15, 0.2) is 26.5 Å². The van der Waals surface area contributed by atoms with Crippen LogP contribution in [0.25, 0.3) is 0 Å². The van der Waals surface area contributed by atoms with E-state index in [0.29, 0.717) is 22.9 Å². The average Bonchev–Trinajstić information content (AvgIpc) is 2.87. The quantitative estimate of drug-likeness (QED) is 0.784. The van der Waals surface area contributed by atoms with E-state index in [-0.39, 0.29) is 12.1 Å². The van der Waals surface area contributed by atoms with Crippen molar-refractivity contribution < 1.29 is 14.0 Å². The third-order valence-electron chi connectivity index (χ3n) is 2.61. The minimum Gasteiger partial charge on any atom is -0.454 e. The van der Waals surface area contributed by atoms with Gasteiger partial charge in [0.25, 0.3) is 0 Å². The van der Waals surface area contributed by atoms with E-state index < -0.39 is 0 Å². The maximum absolute atomic E-state index is 11.5. The molecule has 0 aliphatic heterocycles. The molecule has 21 heavy (non-hydrogen) atoms. The van der Waals surface area contributed by atoms with Gasteiger partial charge in [0.2, 0.25) is 0 Å². The van der Waals surface area contributed by atoms with Gasteiger partial charge in [0.1, 0.15) is 11.5 Å². The molecule has 114 valence electrons. The van der Waals surface area contributed by atoms with Crippen LogP contribution in [0.3, 0.4) is 0 Å². The van der Waals surface area contributed by atoms with Gasteiger partial charge in [-0.05, 0) is 26.0 Å². The minimum atomic E-state index is -0.362. The number of urea groups is 2. The van der Waals surface area contributed by atoms with Gasteiger partial charge in [-0.1, -0.05) is 0 Å². The highest BCUT2D eigenvalue weighted by Crippen LogP contribution is 2.11. The number of nitrogens with zero attached hydrogens (tertiary/aromatic N) is 4. The number of aliphatic imine (C=N–C) groups is 2. The maximum Gasteiger partial charge on any atom is 0.343 e. The summed E-state index contributed by atoms with van der Waals surface area (Å²) in [6, 6.07) is 2.66. The normalized spacial score (nSPS) is 12.3. The van der Waals surface area contributed by atoms with Crippen LogP contribution in [0.1, 0.15) is 25.4 Å². The van der Waals surface area contributed by atoms with Gasteiger partial charge < -0.3 is 14.2 Å². The summed E-state index contributed by atoms with van der Waals surface area (Å²) in [6.45, 7) is 3.36. The molecule has 0 saturated heterocycles. The number of amides is 4. The first-order valence-electron chi connectivity index (χ1n) is 6.36. The second kappa shape index (κ2) is 6.83. The van der Waals surface area contributed by atoms with Crippen LogP contribution in [0.5, 0.6) is 0 Å². The molecular weight excluding hydrogens is 272 g/mol. The van der Waals surface area contributed by atoms with Crippen LogP contribution in [0.4, 0.5) is 9.59 Å². The zero-order chi connectivity index (χ0) is 16.2. The van der Waals surface area contributed by atoms with Gasteiger partial charge in [0.15, 0.2) is 0 Å². The van der Waals surface area contributed by atoms with Crippen LogP contribution in [-0.4, -0.2) is 61.5 Å². The predicted octanol–water partition coefficient (Wildman–Crippen LogP) is 2.26. The molecule has 0 fully saturated rings. The van der Waals surface area contributed by atoms with Crippen molar-refractivity contribution in [3.8, 4) is 0 Å². The van der Waals surface area contributed by atoms with Crippen LogP contribution < -0.4 is 0 Å². The number of rotatable bonds is 2. The Balaban J connectivity index is 2.96. The second-order valence-corrected chi connectivity index (χ2v) is 4.91. The molecule has 0 bridgehead atoms. The molecule has 7 heteroatoms. The van der Waals surface area contributed by atoms with Crippen LogP contribution in [-0.2, 0) is 0 Å². The molecule has 0 aliphatic carbocycles. The molecule has 1 rings (SSSR count). The van der Waals surface area contributed by atoms with Gasteiger partial charge in [-0.3, -0.25) is 0 Å². The van der Waals surface area contributed by atoms with E-state index in [4.69, 9.17) is 4.42 Å². The van der Waals surface area contributed by atoms with Gasteiger partial charge in [-0.25, -0.2) is 9.59 Å². The average molecular weight is 292 g/mol. The fourth-order valence-electron chi connectivity index (χ4n) is 1.32. The number of hydrogen-bond donors (Lipinski definition) is 0. The SMILES string of the molecule is C/C(=N/C(=O)N(C)C)c1ccc(/C(C)=N/C(=O)N(C)C)o1. The Morgan fingerprint density at radius 1 is 0.857 bits per heavy atom. The van der Waals surface area contributed by atoms with Crippen molar-refractivity contribution in [3.05, 3.63) is 23.7 Å². The van der Waals surface area contributed by atoms with Crippen molar-refractivity contribution in [1.82, 2.24) is 9.80 Å². The molecule has 1 aromatic heterocycles. The van der Waals surface area contributed by atoms with Crippen LogP contribution in [0, 0.1) is 0 Å². The first-order valence-corrected chi connectivity index (χ1v) is 6.36. The largest absolute Gasteiger partial charge is 0.454 e. The standard InChI is InChI=1S/C14H20N4O3/c1-9(15-13(19)17(3)4)11-7-8-12(21-11)10(2)16-14(20)18(5)6/h7-8H,1-6H3/b15-9-,16-10+. The molecule has 0 radical (unpaired) electrons. The molecule has 0 saturated carbocycles. The molecule has 1 aromatic rings. The summed E-state index contributed by atoms with van der Waals surface area (Å²) < 4.78 is 5.57. The number of carbonyl (C=O) groups excluding carboxylic acids is 2. The molecule has 7 nitrogen and oxygen atoms in total. The highest BCUT2D eigenvalue weighted by Gasteiger charge is 2.11. The highest BCUT2D eigenvalue weighted by molar-refractivity contribution is 6.05. The number of carbonyl (C=O) groups is 2. The fraction of sp³-hybridized carbons (Fsp3) is 0.429. The van der Waals surface area contributed by atoms with Crippen molar-refractivity contribution in [3.63, 3.8) is 0 Å². The Morgan fingerprint density at radius 3 is 1.48 bits per heavy atom. The molecule has 0 aromatic carbocycles. The third-order valence-corrected chi connectivity index (χ3v) is 2.61. The lowest BCUT2D eigenvalue weighted by Crippen LogP contribution is -2.19. The van der Waals surface area contributed by atoms with Gasteiger partial charge in [0, 0.05) is 28.2 Å². The zero-order valence-electron chi connectivity index (χ0n) is 13.2. The van der Waals surface area contributed by atoms with Crippen LogP contribution >= 0.6 is 0 Å². The topological polar surface area (TPSA) is 78.5 Å². The van der Waals surface area contributed by atoms with Gasteiger partial charge in [-0.15, -0.1) is 0 Å². The molecule has 4 amide bonds. The summed E-state index contributed by atoms with van der Waals surface area (Å²) >= 11 is 0. The van der Waals surface area contributed by atoms with Crippen molar-refractivity contribution >= 4 is 23.5 Å². The summed E-state index contributed by atoms with van der Waals surface area (Å²) in [5, 5.41) is 0. The smallest absolute Gasteiger partial charge is 0.343 e. The summed E-state index contributed by atoms with van der Waals surface area (Å²) in [5.74, 6) is 0.930. The third kappa shape index (κ3) is 4.55. The Labute approximate surface area is 124 Å². The Kier molecular flexibility index (Phi) is 5.40. The molecule has 0 atom stereocenters. The Morgan fingerprint density at radius 2 is 1.19 bits per heavy atom. The summed E-state index contributed by atoms with van der Waals surface area (Å²) in [6.07, 6.45) is 0. The lowest BCUT2D eigenvalue weighted by Gasteiger charge is -2.06. The zero-order valence-corrected chi connectivity index (χ0v) is 13.2. The second-order valence-electron chi connectivity index (χ2n) is 4.91. The molecule has 1 heterocycles. The summed E-state index contributed by atoms with van der Waals surface area (Å²) in [7, 11) is 6.49. The monoisotopic (exact) mass is 292 g/mol. The fourth-order valence-corrected chi connectivity index (χ4v) is 1.32. The minimum absolute atomic E-state index is 0.362. The van der Waals surface area contributed by atoms with E-state index in [1.807, 2.05) is 0 Å². The van der Waals surface area contributed by atoms with Crippen molar-refractivity contribution in [2.45, 2.75) is 13.8 Å². The molecule has 0 aliphatic rings. The first kappa shape index (κ1) is 16.6. The predicted molar refractivity (Wildman–Crippen MR) is 81.3 cm³/mol. The van der Waals surface area contributed by atoms with Gasteiger partial charge >= 0.3 is 12.1 Å². The van der Waals surface area contributed by atoms with E-state index >= 15 is 0 Å². The van der Waals surface area contributed by atoms with Crippen LogP contribution in [0.2, 0.25) is 0 Å². The number of hydrogen-bond acceptors (Lipinski definition) is 3. The molecule has 0 unspecified atom stereocenters. The highest BCUT2D eigenvalue weighted by atomic mass is 16.3. The lowest BCUT2D eigenvalue weighted by molar-refractivity contribution is 0.226.